The average molecular weight is 973 g/mol. The van der Waals surface area contributed by atoms with Crippen LogP contribution in [0.3, 0.4) is 0 Å². The first-order valence-corrected chi connectivity index (χ1v) is 21.4. The molecule has 0 amide bonds. The second-order valence-corrected chi connectivity index (χ2v) is 17.0. The Morgan fingerprint density at radius 3 is 1.78 bits per heavy atom. The standard InChI is InChI=1S/C37H31N7O15S3.Cu/c1-59-32-19-29(41-43-36-35(62(56,57)58)15-22-14-24(9-13-28(22)37(36)47)39-38-23-7-11-27(45)12-8-23)31(46)18-30(32)42-40-25-6-4-20(33(16-25)60(50,51)52)2-3-21-5-10-26(44(48)49)17-34(21)61(53,54)55;/h2-19,45-47,50-52,56-58H,1H3,(H,53,54,55);. The number of nitro groups is 1. The van der Waals surface area contributed by atoms with Crippen molar-refractivity contribution in [2.24, 2.45) is 30.7 Å². The van der Waals surface area contributed by atoms with Gasteiger partial charge in [0.1, 0.15) is 60.9 Å². The Morgan fingerprint density at radius 2 is 1.16 bits per heavy atom. The summed E-state index contributed by atoms with van der Waals surface area (Å²) in [5.41, 5.74) is -1.24. The van der Waals surface area contributed by atoms with Crippen LogP contribution in [0.1, 0.15) is 11.1 Å². The molecule has 0 atom stereocenters. The molecule has 0 fully saturated rings. The maximum Gasteiger partial charge on any atom is 0.295 e. The van der Waals surface area contributed by atoms with Gasteiger partial charge in [-0.05, 0) is 83.2 Å². The SMILES string of the molecule is COc1cc(N=Nc2c(S(O)(O)O)cc3cc(N=Nc4ccc(O)cc4)ccc3c2O)c(O)cc1N=Nc1ccc(C=Cc2ccc([N+](=O)[O-])cc2S(=O)(=O)O)c(S(O)(O)O)c1.[Cu]. The van der Waals surface area contributed by atoms with Crippen LogP contribution in [0, 0.1) is 10.1 Å². The molecule has 0 bridgehead atoms. The molecule has 26 heteroatoms. The monoisotopic (exact) mass is 972 g/mol. The van der Waals surface area contributed by atoms with Crippen LogP contribution in [0.15, 0.2) is 142 Å². The summed E-state index contributed by atoms with van der Waals surface area (Å²) in [5.74, 6) is -1.23. The van der Waals surface area contributed by atoms with E-state index in [4.69, 9.17) is 4.74 Å². The zero-order valence-electron chi connectivity index (χ0n) is 31.6. The van der Waals surface area contributed by atoms with E-state index in [0.29, 0.717) is 11.8 Å². The fourth-order valence-corrected chi connectivity index (χ4v) is 7.68. The Bertz CT molecular complexity index is 2980. The van der Waals surface area contributed by atoms with E-state index in [-0.39, 0.29) is 73.2 Å². The van der Waals surface area contributed by atoms with Crippen molar-refractivity contribution in [3.63, 3.8) is 0 Å². The number of hydrogen-bond donors (Lipinski definition) is 10. The van der Waals surface area contributed by atoms with Crippen LogP contribution < -0.4 is 4.74 Å². The largest absolute Gasteiger partial charge is 0.508 e. The zero-order valence-corrected chi connectivity index (χ0v) is 35.0. The van der Waals surface area contributed by atoms with E-state index in [2.05, 4.69) is 30.7 Å². The molecule has 6 aromatic rings. The summed E-state index contributed by atoms with van der Waals surface area (Å²) in [6.45, 7) is 0. The summed E-state index contributed by atoms with van der Waals surface area (Å²) >= 11 is 0. The number of phenols is 3. The average Bonchev–Trinajstić information content (AvgIpc) is 3.20. The Hall–Kier alpha value is -6.39. The second-order valence-electron chi connectivity index (χ2n) is 12.7. The van der Waals surface area contributed by atoms with E-state index in [9.17, 15) is 65.7 Å². The number of fused-ring (bicyclic) bond motifs is 1. The number of ether oxygens (including phenoxy) is 1. The third-order valence-corrected chi connectivity index (χ3v) is 11.2. The van der Waals surface area contributed by atoms with Crippen molar-refractivity contribution in [2.75, 3.05) is 7.11 Å². The van der Waals surface area contributed by atoms with Crippen molar-refractivity contribution in [2.45, 2.75) is 14.7 Å². The van der Waals surface area contributed by atoms with E-state index in [1.165, 1.54) is 61.7 Å². The van der Waals surface area contributed by atoms with Gasteiger partial charge in [0.25, 0.3) is 15.8 Å². The van der Waals surface area contributed by atoms with Gasteiger partial charge < -0.3 is 47.4 Å². The molecule has 0 aliphatic carbocycles. The first-order chi connectivity index (χ1) is 29.1. The van der Waals surface area contributed by atoms with Crippen LogP contribution in [-0.2, 0) is 27.2 Å². The number of non-ortho nitro benzene ring substituents is 1. The van der Waals surface area contributed by atoms with Gasteiger partial charge in [-0.15, -0.1) is 15.3 Å². The molecular weight excluding hydrogens is 942 g/mol. The van der Waals surface area contributed by atoms with Gasteiger partial charge in [0.2, 0.25) is 0 Å². The van der Waals surface area contributed by atoms with Crippen LogP contribution in [0.2, 0.25) is 0 Å². The van der Waals surface area contributed by atoms with Crippen molar-refractivity contribution >= 4 is 94.6 Å². The minimum atomic E-state index is -4.94. The fraction of sp³-hybridized carbons (Fsp3) is 0.0270. The molecule has 0 aromatic heterocycles. The predicted octanol–water partition coefficient (Wildman–Crippen LogP) is 11.7. The number of hydrogen-bond acceptors (Lipinski definition) is 20. The summed E-state index contributed by atoms with van der Waals surface area (Å²) in [6, 6.07) is 19.8. The molecule has 1 radical (unpaired) electrons. The van der Waals surface area contributed by atoms with Crippen LogP contribution in [0.25, 0.3) is 22.9 Å². The number of rotatable bonds is 13. The van der Waals surface area contributed by atoms with Crippen LogP contribution in [0.4, 0.5) is 39.8 Å². The topological polar surface area (TPSA) is 363 Å². The molecule has 0 aliphatic rings. The molecule has 0 heterocycles. The molecule has 10 N–H and O–H groups in total. The fourth-order valence-electron chi connectivity index (χ4n) is 5.56. The van der Waals surface area contributed by atoms with Gasteiger partial charge >= 0.3 is 0 Å². The number of azo groups is 3. The number of nitro benzene ring substituents is 1. The predicted molar refractivity (Wildman–Crippen MR) is 227 cm³/mol. The molecule has 63 heavy (non-hydrogen) atoms. The zero-order chi connectivity index (χ0) is 45.1. The molecule has 6 aromatic carbocycles. The molecule has 0 saturated carbocycles. The Morgan fingerprint density at radius 1 is 0.603 bits per heavy atom. The minimum Gasteiger partial charge on any atom is -0.508 e. The molecule has 333 valence electrons. The summed E-state index contributed by atoms with van der Waals surface area (Å²) in [7, 11) is -12.7. The van der Waals surface area contributed by atoms with Crippen LogP contribution in [-0.4, -0.2) is 67.6 Å². The summed E-state index contributed by atoms with van der Waals surface area (Å²) < 4.78 is 100. The van der Waals surface area contributed by atoms with Crippen molar-refractivity contribution in [3.8, 4) is 23.0 Å². The first kappa shape index (κ1) is 47.7. The number of nitrogens with zero attached hydrogens (tertiary/aromatic N) is 7. The maximum atomic E-state index is 11.9. The quantitative estimate of drug-likeness (QED) is 0.0128. The van der Waals surface area contributed by atoms with E-state index >= 15 is 0 Å². The summed E-state index contributed by atoms with van der Waals surface area (Å²) in [5, 5.41) is 66.9. The van der Waals surface area contributed by atoms with Crippen molar-refractivity contribution in [3.05, 3.63) is 118 Å². The molecule has 0 aliphatic heterocycles. The van der Waals surface area contributed by atoms with Crippen LogP contribution >= 0.6 is 21.7 Å². The third kappa shape index (κ3) is 11.4. The van der Waals surface area contributed by atoms with Crippen molar-refractivity contribution < 1.29 is 82.3 Å². The van der Waals surface area contributed by atoms with Crippen molar-refractivity contribution in [1.29, 1.82) is 0 Å². The number of aromatic hydroxyl groups is 3. The number of phenolic OH excluding ortho intramolecular Hbond substituents is 3. The first-order valence-electron chi connectivity index (χ1n) is 17.0. The Balaban J connectivity index is 0.00000748. The third-order valence-electron chi connectivity index (χ3n) is 8.49. The smallest absolute Gasteiger partial charge is 0.295 e. The Labute approximate surface area is 369 Å². The number of benzene rings is 6. The molecular formula is C37H31CuN7O15S3. The van der Waals surface area contributed by atoms with Gasteiger partial charge in [-0.1, -0.05) is 18.2 Å². The Kier molecular flexibility index (Phi) is 14.3. The second kappa shape index (κ2) is 18.9. The van der Waals surface area contributed by atoms with Gasteiger partial charge in [0.05, 0.1) is 38.9 Å². The van der Waals surface area contributed by atoms with Gasteiger partial charge in [-0.25, -0.2) is 0 Å². The normalized spacial score (nSPS) is 13.0. The van der Waals surface area contributed by atoms with E-state index in [1.54, 1.807) is 0 Å². The maximum absolute atomic E-state index is 11.9. The minimum absolute atomic E-state index is 0. The summed E-state index contributed by atoms with van der Waals surface area (Å²) in [6.07, 6.45) is 2.23. The van der Waals surface area contributed by atoms with E-state index in [1.807, 2.05) is 0 Å². The van der Waals surface area contributed by atoms with Gasteiger partial charge in [-0.3, -0.25) is 14.7 Å². The number of methoxy groups -OCH3 is 1. The molecule has 22 nitrogen and oxygen atoms in total. The van der Waals surface area contributed by atoms with Gasteiger partial charge in [-0.2, -0.15) is 23.8 Å². The molecule has 0 unspecified atom stereocenters. The van der Waals surface area contributed by atoms with Crippen molar-refractivity contribution in [1.82, 2.24) is 0 Å². The van der Waals surface area contributed by atoms with Gasteiger partial charge in [0.15, 0.2) is 5.75 Å². The molecule has 6 rings (SSSR count). The van der Waals surface area contributed by atoms with Crippen LogP contribution in [0.5, 0.6) is 23.0 Å². The van der Waals surface area contributed by atoms with E-state index < -0.39 is 74.3 Å². The van der Waals surface area contributed by atoms with Gasteiger partial charge in [0, 0.05) is 46.7 Å². The molecule has 0 spiro atoms. The summed E-state index contributed by atoms with van der Waals surface area (Å²) in [4.78, 5) is 8.33. The van der Waals surface area contributed by atoms with E-state index in [0.717, 1.165) is 48.6 Å². The molecule has 0 saturated heterocycles.